The van der Waals surface area contributed by atoms with Crippen molar-refractivity contribution >= 4 is 34.8 Å². The Labute approximate surface area is 169 Å². The van der Waals surface area contributed by atoms with Gasteiger partial charge in [0.2, 0.25) is 11.8 Å². The van der Waals surface area contributed by atoms with E-state index in [1.54, 1.807) is 0 Å². The van der Waals surface area contributed by atoms with Crippen LogP contribution in [0.5, 0.6) is 0 Å². The van der Waals surface area contributed by atoms with Gasteiger partial charge in [-0.15, -0.1) is 11.3 Å². The second-order valence-corrected chi connectivity index (χ2v) is 8.76. The number of aryl methyl sites for hydroxylation is 1. The van der Waals surface area contributed by atoms with Gasteiger partial charge in [-0.05, 0) is 43.9 Å². The van der Waals surface area contributed by atoms with Gasteiger partial charge in [-0.3, -0.25) is 9.59 Å². The van der Waals surface area contributed by atoms with E-state index in [2.05, 4.69) is 5.32 Å². The highest BCUT2D eigenvalue weighted by Gasteiger charge is 2.28. The molecule has 0 saturated carbocycles. The number of amides is 2. The molecular weight excluding hydrogens is 380 g/mol. The summed E-state index contributed by atoms with van der Waals surface area (Å²) in [6.07, 6.45) is 2.74. The van der Waals surface area contributed by atoms with Gasteiger partial charge in [0.15, 0.2) is 0 Å². The molecule has 27 heavy (non-hydrogen) atoms. The molecule has 0 radical (unpaired) electrons. The number of thiophene rings is 1. The van der Waals surface area contributed by atoms with Crippen molar-refractivity contribution in [1.29, 1.82) is 0 Å². The summed E-state index contributed by atoms with van der Waals surface area (Å²) in [7, 11) is 0. The molecule has 1 N–H and O–H groups in total. The quantitative estimate of drug-likeness (QED) is 0.773. The van der Waals surface area contributed by atoms with Gasteiger partial charge in [-0.1, -0.05) is 41.9 Å². The van der Waals surface area contributed by atoms with Crippen LogP contribution >= 0.6 is 22.9 Å². The van der Waals surface area contributed by atoms with Crippen LogP contribution < -0.4 is 5.32 Å². The van der Waals surface area contributed by atoms with Crippen LogP contribution in [-0.4, -0.2) is 29.8 Å². The van der Waals surface area contributed by atoms with Gasteiger partial charge in [0.05, 0.1) is 10.4 Å². The zero-order valence-electron chi connectivity index (χ0n) is 15.5. The molecule has 0 bridgehead atoms. The molecule has 2 heterocycles. The van der Waals surface area contributed by atoms with Gasteiger partial charge in [-0.2, -0.15) is 0 Å². The number of hydrogen-bond donors (Lipinski definition) is 1. The highest BCUT2D eigenvalue weighted by Crippen LogP contribution is 2.27. The van der Waals surface area contributed by atoms with Crippen LogP contribution in [0.15, 0.2) is 42.5 Å². The average molecular weight is 405 g/mol. The van der Waals surface area contributed by atoms with E-state index in [1.165, 1.54) is 16.9 Å². The Kier molecular flexibility index (Phi) is 6.91. The first-order valence-electron chi connectivity index (χ1n) is 9.40. The summed E-state index contributed by atoms with van der Waals surface area (Å²) >= 11 is 7.46. The maximum absolute atomic E-state index is 12.5. The van der Waals surface area contributed by atoms with Gasteiger partial charge >= 0.3 is 0 Å². The Morgan fingerprint density at radius 2 is 1.89 bits per heavy atom. The molecule has 144 valence electrons. The minimum Gasteiger partial charge on any atom is -0.349 e. The monoisotopic (exact) mass is 404 g/mol. The van der Waals surface area contributed by atoms with Crippen molar-refractivity contribution in [3.05, 3.63) is 57.2 Å². The number of nitrogens with zero attached hydrogens (tertiary/aromatic N) is 1. The Morgan fingerprint density at radius 3 is 2.52 bits per heavy atom. The Morgan fingerprint density at radius 1 is 1.19 bits per heavy atom. The number of carbonyl (C=O) groups excluding carboxylic acids is 2. The van der Waals surface area contributed by atoms with Crippen LogP contribution in [0.25, 0.3) is 0 Å². The predicted molar refractivity (Wildman–Crippen MR) is 110 cm³/mol. The third-order valence-corrected chi connectivity index (χ3v) is 6.48. The number of nitrogens with one attached hydrogen (secondary N) is 1. The highest BCUT2D eigenvalue weighted by molar-refractivity contribution is 7.16. The number of piperidine rings is 1. The molecule has 1 aromatic heterocycles. The van der Waals surface area contributed by atoms with E-state index < -0.39 is 0 Å². The van der Waals surface area contributed by atoms with Crippen molar-refractivity contribution in [2.24, 2.45) is 5.92 Å². The molecule has 1 saturated heterocycles. The second-order valence-electron chi connectivity index (χ2n) is 7.01. The van der Waals surface area contributed by atoms with Crippen LogP contribution in [0, 0.1) is 5.92 Å². The van der Waals surface area contributed by atoms with E-state index >= 15 is 0 Å². The molecule has 0 spiro atoms. The van der Waals surface area contributed by atoms with Gasteiger partial charge < -0.3 is 10.2 Å². The summed E-state index contributed by atoms with van der Waals surface area (Å²) < 4.78 is 0.730. The number of halogens is 1. The van der Waals surface area contributed by atoms with Crippen LogP contribution in [-0.2, 0) is 16.0 Å². The molecule has 2 aromatic rings. The second kappa shape index (κ2) is 9.38. The molecule has 1 aliphatic heterocycles. The van der Waals surface area contributed by atoms with Crippen LogP contribution in [0.4, 0.5) is 0 Å². The molecular formula is C21H25ClN2O2S. The van der Waals surface area contributed by atoms with Gasteiger partial charge in [0.1, 0.15) is 0 Å². The minimum atomic E-state index is -0.0412. The lowest BCUT2D eigenvalue weighted by atomic mass is 9.95. The zero-order valence-corrected chi connectivity index (χ0v) is 17.1. The topological polar surface area (TPSA) is 49.4 Å². The first kappa shape index (κ1) is 19.9. The maximum Gasteiger partial charge on any atom is 0.223 e. The molecule has 6 heteroatoms. The largest absolute Gasteiger partial charge is 0.349 e. The summed E-state index contributed by atoms with van der Waals surface area (Å²) in [5.74, 6) is 0.226. The lowest BCUT2D eigenvalue weighted by Gasteiger charge is -2.32. The fourth-order valence-corrected chi connectivity index (χ4v) is 4.47. The van der Waals surface area contributed by atoms with Crippen molar-refractivity contribution in [1.82, 2.24) is 10.2 Å². The van der Waals surface area contributed by atoms with E-state index in [-0.39, 0.29) is 23.8 Å². The first-order valence-corrected chi connectivity index (χ1v) is 10.6. The summed E-state index contributed by atoms with van der Waals surface area (Å²) in [6.45, 7) is 3.29. The van der Waals surface area contributed by atoms with E-state index in [4.69, 9.17) is 11.6 Å². The maximum atomic E-state index is 12.5. The van der Waals surface area contributed by atoms with Crippen molar-refractivity contribution in [2.75, 3.05) is 13.1 Å². The van der Waals surface area contributed by atoms with Crippen molar-refractivity contribution in [2.45, 2.75) is 38.6 Å². The van der Waals surface area contributed by atoms with Crippen LogP contribution in [0.1, 0.15) is 42.7 Å². The van der Waals surface area contributed by atoms with E-state index in [0.29, 0.717) is 19.5 Å². The van der Waals surface area contributed by atoms with E-state index in [0.717, 1.165) is 28.5 Å². The normalized spacial score (nSPS) is 16.1. The smallest absolute Gasteiger partial charge is 0.223 e. The molecule has 3 rings (SSSR count). The SMILES string of the molecule is CC(NC(=O)C1CCN(C(=O)CCc2ccccc2)CC1)c1ccc(Cl)s1. The Balaban J connectivity index is 1.42. The van der Waals surface area contributed by atoms with Gasteiger partial charge in [0, 0.05) is 30.3 Å². The summed E-state index contributed by atoms with van der Waals surface area (Å²) in [5, 5.41) is 3.08. The van der Waals surface area contributed by atoms with Crippen LogP contribution in [0.2, 0.25) is 4.34 Å². The third-order valence-electron chi connectivity index (χ3n) is 5.07. The number of carbonyl (C=O) groups is 2. The molecule has 2 amide bonds. The predicted octanol–water partition coefficient (Wildman–Crippen LogP) is 4.45. The lowest BCUT2D eigenvalue weighted by Crippen LogP contribution is -2.43. The highest BCUT2D eigenvalue weighted by atomic mass is 35.5. The molecule has 1 unspecified atom stereocenters. The molecule has 0 aliphatic carbocycles. The van der Waals surface area contributed by atoms with Crippen molar-refractivity contribution in [3.8, 4) is 0 Å². The molecule has 1 fully saturated rings. The lowest BCUT2D eigenvalue weighted by molar-refractivity contribution is -0.135. The Bertz CT molecular complexity index is 769. The van der Waals surface area contributed by atoms with E-state index in [1.807, 2.05) is 54.3 Å². The zero-order chi connectivity index (χ0) is 19.2. The van der Waals surface area contributed by atoms with Crippen LogP contribution in [0.3, 0.4) is 0 Å². The molecule has 1 aromatic carbocycles. The summed E-state index contributed by atoms with van der Waals surface area (Å²) in [6, 6.07) is 13.8. The number of hydrogen-bond acceptors (Lipinski definition) is 3. The fourth-order valence-electron chi connectivity index (χ4n) is 3.41. The number of benzene rings is 1. The molecule has 1 aliphatic rings. The first-order chi connectivity index (χ1) is 13.0. The Hall–Kier alpha value is -1.85. The molecule has 1 atom stereocenters. The van der Waals surface area contributed by atoms with E-state index in [9.17, 15) is 9.59 Å². The van der Waals surface area contributed by atoms with Crippen molar-refractivity contribution < 1.29 is 9.59 Å². The standard InChI is InChI=1S/C21H25ClN2O2S/c1-15(18-8-9-19(22)27-18)23-21(26)17-11-13-24(14-12-17)20(25)10-7-16-5-3-2-4-6-16/h2-6,8-9,15,17H,7,10-14H2,1H3,(H,23,26). The molecule has 4 nitrogen and oxygen atoms in total. The average Bonchev–Trinajstić information content (AvgIpc) is 3.13. The van der Waals surface area contributed by atoms with Gasteiger partial charge in [0.25, 0.3) is 0 Å². The van der Waals surface area contributed by atoms with Gasteiger partial charge in [-0.25, -0.2) is 0 Å². The summed E-state index contributed by atoms with van der Waals surface area (Å²) in [4.78, 5) is 27.9. The summed E-state index contributed by atoms with van der Waals surface area (Å²) in [5.41, 5.74) is 1.18. The number of rotatable bonds is 6. The number of likely N-dealkylation sites (tertiary alicyclic amines) is 1. The fraction of sp³-hybridized carbons (Fsp3) is 0.429. The minimum absolute atomic E-state index is 0.0268. The third kappa shape index (κ3) is 5.56. The van der Waals surface area contributed by atoms with Crippen molar-refractivity contribution in [3.63, 3.8) is 0 Å².